The smallest absolute Gasteiger partial charge is 0.262 e. The molecule has 2 aliphatic rings. The Balaban J connectivity index is 1.34. The first-order valence-electron chi connectivity index (χ1n) is 10.0. The van der Waals surface area contributed by atoms with Gasteiger partial charge in [-0.1, -0.05) is 6.07 Å². The Morgan fingerprint density at radius 3 is 2.93 bits per heavy atom. The molecule has 8 nitrogen and oxygen atoms in total. The molecule has 0 unspecified atom stereocenters. The van der Waals surface area contributed by atoms with Crippen molar-refractivity contribution in [2.75, 3.05) is 26.8 Å². The van der Waals surface area contributed by atoms with E-state index in [2.05, 4.69) is 32.1 Å². The number of aromatic nitrogens is 4. The van der Waals surface area contributed by atoms with Gasteiger partial charge >= 0.3 is 0 Å². The standard InChI is InChI=1S/C21H25N5O3/c1-25-19-16(12-22-25)20(27)24-18(23-19)13-26-8-6-21(7-9-26)17-4-3-15(28-2)11-14(17)5-10-29-21/h3-4,11-12H,5-10,13H2,1-2H3,(H,23,24,27). The van der Waals surface area contributed by atoms with Crippen molar-refractivity contribution < 1.29 is 9.47 Å². The van der Waals surface area contributed by atoms with Crippen LogP contribution in [0.4, 0.5) is 0 Å². The van der Waals surface area contributed by atoms with E-state index in [1.807, 2.05) is 6.07 Å². The molecule has 0 amide bonds. The summed E-state index contributed by atoms with van der Waals surface area (Å²) in [5, 5.41) is 4.65. The second kappa shape index (κ2) is 6.96. The quantitative estimate of drug-likeness (QED) is 0.727. The number of piperidine rings is 1. The van der Waals surface area contributed by atoms with Crippen LogP contribution in [-0.2, 0) is 30.4 Å². The van der Waals surface area contributed by atoms with Gasteiger partial charge < -0.3 is 14.5 Å². The maximum atomic E-state index is 12.3. The van der Waals surface area contributed by atoms with Crippen LogP contribution in [0.25, 0.3) is 11.0 Å². The Kier molecular flexibility index (Phi) is 4.40. The second-order valence-corrected chi connectivity index (χ2v) is 7.91. The molecule has 1 spiro atoms. The van der Waals surface area contributed by atoms with Gasteiger partial charge in [0.15, 0.2) is 5.65 Å². The van der Waals surface area contributed by atoms with Gasteiger partial charge in [-0.15, -0.1) is 0 Å². The monoisotopic (exact) mass is 395 g/mol. The minimum atomic E-state index is -0.219. The molecule has 0 radical (unpaired) electrons. The molecule has 8 heteroatoms. The number of hydrogen-bond donors (Lipinski definition) is 1. The molecule has 0 bridgehead atoms. The highest BCUT2D eigenvalue weighted by atomic mass is 16.5. The molecule has 2 aliphatic heterocycles. The zero-order valence-electron chi connectivity index (χ0n) is 16.8. The molecule has 0 atom stereocenters. The first-order valence-corrected chi connectivity index (χ1v) is 10.0. The summed E-state index contributed by atoms with van der Waals surface area (Å²) in [5.41, 5.74) is 2.90. The number of ether oxygens (including phenoxy) is 2. The number of methoxy groups -OCH3 is 1. The summed E-state index contributed by atoms with van der Waals surface area (Å²) >= 11 is 0. The van der Waals surface area contributed by atoms with E-state index in [9.17, 15) is 4.79 Å². The molecular formula is C21H25N5O3. The summed E-state index contributed by atoms with van der Waals surface area (Å²) in [6.07, 6.45) is 4.32. The first-order chi connectivity index (χ1) is 14.1. The highest BCUT2D eigenvalue weighted by Gasteiger charge is 2.40. The van der Waals surface area contributed by atoms with Gasteiger partial charge in [-0.05, 0) is 42.5 Å². The van der Waals surface area contributed by atoms with E-state index in [1.54, 1.807) is 25.0 Å². The molecule has 0 saturated carbocycles. The van der Waals surface area contributed by atoms with E-state index in [-0.39, 0.29) is 11.2 Å². The highest BCUT2D eigenvalue weighted by molar-refractivity contribution is 5.72. The van der Waals surface area contributed by atoms with E-state index in [1.165, 1.54) is 11.1 Å². The van der Waals surface area contributed by atoms with Crippen molar-refractivity contribution in [3.63, 3.8) is 0 Å². The van der Waals surface area contributed by atoms with Crippen LogP contribution in [0.1, 0.15) is 29.8 Å². The van der Waals surface area contributed by atoms with E-state index in [0.29, 0.717) is 23.4 Å². The van der Waals surface area contributed by atoms with E-state index < -0.39 is 0 Å². The fourth-order valence-corrected chi connectivity index (χ4v) is 4.63. The van der Waals surface area contributed by atoms with Crippen LogP contribution in [0.2, 0.25) is 0 Å². The number of likely N-dealkylation sites (tertiary alicyclic amines) is 1. The fraction of sp³-hybridized carbons (Fsp3) is 0.476. The number of nitrogens with one attached hydrogen (secondary N) is 1. The maximum absolute atomic E-state index is 12.3. The van der Waals surface area contributed by atoms with Crippen LogP contribution in [0.3, 0.4) is 0 Å². The molecule has 5 rings (SSSR count). The van der Waals surface area contributed by atoms with E-state index >= 15 is 0 Å². The largest absolute Gasteiger partial charge is 0.497 e. The number of aryl methyl sites for hydroxylation is 1. The van der Waals surface area contributed by atoms with Gasteiger partial charge in [-0.25, -0.2) is 4.98 Å². The average Bonchev–Trinajstić information content (AvgIpc) is 3.11. The number of H-pyrrole nitrogens is 1. The van der Waals surface area contributed by atoms with Gasteiger partial charge in [0.25, 0.3) is 5.56 Å². The van der Waals surface area contributed by atoms with Gasteiger partial charge in [-0.3, -0.25) is 14.4 Å². The van der Waals surface area contributed by atoms with Crippen molar-refractivity contribution >= 4 is 11.0 Å². The molecule has 1 aromatic carbocycles. The summed E-state index contributed by atoms with van der Waals surface area (Å²) in [6.45, 7) is 3.13. The summed E-state index contributed by atoms with van der Waals surface area (Å²) < 4.78 is 13.4. The van der Waals surface area contributed by atoms with Crippen molar-refractivity contribution in [2.24, 2.45) is 7.05 Å². The van der Waals surface area contributed by atoms with Gasteiger partial charge in [0.2, 0.25) is 0 Å². The van der Waals surface area contributed by atoms with Gasteiger partial charge in [-0.2, -0.15) is 5.10 Å². The van der Waals surface area contributed by atoms with E-state index in [0.717, 1.165) is 44.7 Å². The molecule has 0 aliphatic carbocycles. The lowest BCUT2D eigenvalue weighted by atomic mass is 9.79. The predicted molar refractivity (Wildman–Crippen MR) is 108 cm³/mol. The van der Waals surface area contributed by atoms with Crippen molar-refractivity contribution in [1.82, 2.24) is 24.6 Å². The maximum Gasteiger partial charge on any atom is 0.262 e. The third-order valence-corrected chi connectivity index (χ3v) is 6.24. The topological polar surface area (TPSA) is 85.3 Å². The number of nitrogens with zero attached hydrogens (tertiary/aromatic N) is 4. The van der Waals surface area contributed by atoms with Crippen molar-refractivity contribution in [3.05, 3.63) is 51.7 Å². The fourth-order valence-electron chi connectivity index (χ4n) is 4.63. The number of hydrogen-bond acceptors (Lipinski definition) is 6. The third kappa shape index (κ3) is 3.12. The molecule has 1 N–H and O–H groups in total. The van der Waals surface area contributed by atoms with Crippen molar-refractivity contribution in [1.29, 1.82) is 0 Å². The van der Waals surface area contributed by atoms with Crippen LogP contribution in [0.5, 0.6) is 5.75 Å². The summed E-state index contributed by atoms with van der Waals surface area (Å²) in [6, 6.07) is 6.33. The Bertz CT molecular complexity index is 1110. The second-order valence-electron chi connectivity index (χ2n) is 7.91. The van der Waals surface area contributed by atoms with Crippen LogP contribution in [-0.4, -0.2) is 51.5 Å². The van der Waals surface area contributed by atoms with Crippen LogP contribution < -0.4 is 10.3 Å². The predicted octanol–water partition coefficient (Wildman–Crippen LogP) is 1.73. The number of rotatable bonds is 3. The van der Waals surface area contributed by atoms with Crippen LogP contribution in [0.15, 0.2) is 29.2 Å². The molecule has 29 heavy (non-hydrogen) atoms. The van der Waals surface area contributed by atoms with E-state index in [4.69, 9.17) is 9.47 Å². The average molecular weight is 395 g/mol. The lowest BCUT2D eigenvalue weighted by molar-refractivity contribution is -0.0991. The normalized spacial score (nSPS) is 18.8. The molecule has 2 aromatic heterocycles. The molecule has 1 fully saturated rings. The van der Waals surface area contributed by atoms with Crippen molar-refractivity contribution in [3.8, 4) is 5.75 Å². The van der Waals surface area contributed by atoms with Gasteiger partial charge in [0.05, 0.1) is 32.1 Å². The third-order valence-electron chi connectivity index (χ3n) is 6.24. The van der Waals surface area contributed by atoms with Crippen molar-refractivity contribution in [2.45, 2.75) is 31.4 Å². The molecule has 4 heterocycles. The number of aromatic amines is 1. The summed E-state index contributed by atoms with van der Waals surface area (Å²) in [5.74, 6) is 1.58. The highest BCUT2D eigenvalue weighted by Crippen LogP contribution is 2.42. The summed E-state index contributed by atoms with van der Waals surface area (Å²) in [7, 11) is 3.51. The minimum absolute atomic E-state index is 0.134. The SMILES string of the molecule is COc1ccc2c(c1)CCOC21CCN(Cc2nc3c(cnn3C)c(=O)[nH]2)CC1. The van der Waals surface area contributed by atoms with Crippen LogP contribution in [0, 0.1) is 0 Å². The zero-order chi connectivity index (χ0) is 20.0. The van der Waals surface area contributed by atoms with Gasteiger partial charge in [0.1, 0.15) is 17.0 Å². The Morgan fingerprint density at radius 2 is 2.14 bits per heavy atom. The zero-order valence-corrected chi connectivity index (χ0v) is 16.8. The summed E-state index contributed by atoms with van der Waals surface area (Å²) in [4.78, 5) is 22.1. The Morgan fingerprint density at radius 1 is 1.31 bits per heavy atom. The lowest BCUT2D eigenvalue weighted by Crippen LogP contribution is -2.46. The molecule has 1 saturated heterocycles. The molecule has 3 aromatic rings. The minimum Gasteiger partial charge on any atom is -0.497 e. The molecular weight excluding hydrogens is 370 g/mol. The number of fused-ring (bicyclic) bond motifs is 3. The lowest BCUT2D eigenvalue weighted by Gasteiger charge is -2.45. The molecule has 152 valence electrons. The first kappa shape index (κ1) is 18.3. The number of benzene rings is 1. The van der Waals surface area contributed by atoms with Gasteiger partial charge in [0, 0.05) is 20.1 Å². The van der Waals surface area contributed by atoms with Crippen LogP contribution >= 0.6 is 0 Å². The Labute approximate surface area is 168 Å². The Hall–Kier alpha value is -2.71.